The van der Waals surface area contributed by atoms with Crippen LogP contribution in [0.1, 0.15) is 51.7 Å². The van der Waals surface area contributed by atoms with Gasteiger partial charge in [0.1, 0.15) is 17.3 Å². The quantitative estimate of drug-likeness (QED) is 0.609. The number of benzene rings is 1. The molecule has 1 aromatic carbocycles. The lowest BCUT2D eigenvalue weighted by Gasteiger charge is -2.37. The molecule has 0 amide bonds. The van der Waals surface area contributed by atoms with Crippen molar-refractivity contribution in [1.82, 2.24) is 0 Å². The van der Waals surface area contributed by atoms with Gasteiger partial charge in [-0.25, -0.2) is 0 Å². The first-order valence-corrected chi connectivity index (χ1v) is 11.7. The van der Waals surface area contributed by atoms with Gasteiger partial charge in [0.05, 0.1) is 19.8 Å². The maximum absolute atomic E-state index is 6.77. The lowest BCUT2D eigenvalue weighted by atomic mass is 10.1. The van der Waals surface area contributed by atoms with Crippen LogP contribution in [-0.4, -0.2) is 22.5 Å². The van der Waals surface area contributed by atoms with E-state index in [1.54, 1.807) is 14.2 Å². The Morgan fingerprint density at radius 3 is 2.25 bits per heavy atom. The largest absolute Gasteiger partial charge is 0.543 e. The molecular weight excluding hydrogens is 316 g/mol. The van der Waals surface area contributed by atoms with Crippen LogP contribution in [0.2, 0.25) is 18.1 Å². The molecule has 0 fully saturated rings. The average molecular weight is 349 g/mol. The average Bonchev–Trinajstić information content (AvgIpc) is 2.82. The second-order valence-corrected chi connectivity index (χ2v) is 12.8. The molecule has 24 heavy (non-hydrogen) atoms. The van der Waals surface area contributed by atoms with Crippen LogP contribution in [0.15, 0.2) is 17.7 Å². The summed E-state index contributed by atoms with van der Waals surface area (Å²) in [6.07, 6.45) is 3.11. The number of hydrogen-bond donors (Lipinski definition) is 0. The van der Waals surface area contributed by atoms with Crippen LogP contribution in [0, 0.1) is 0 Å². The molecule has 3 nitrogen and oxygen atoms in total. The van der Waals surface area contributed by atoms with Crippen molar-refractivity contribution in [2.45, 2.75) is 65.1 Å². The van der Waals surface area contributed by atoms with Crippen molar-refractivity contribution in [3.8, 4) is 11.5 Å². The van der Waals surface area contributed by atoms with Crippen LogP contribution >= 0.6 is 0 Å². The Labute approximate surface area is 148 Å². The van der Waals surface area contributed by atoms with Gasteiger partial charge in [-0.2, -0.15) is 0 Å². The van der Waals surface area contributed by atoms with E-state index in [-0.39, 0.29) is 5.04 Å². The van der Waals surface area contributed by atoms with Crippen LogP contribution in [0.3, 0.4) is 0 Å². The van der Waals surface area contributed by atoms with Crippen molar-refractivity contribution in [1.29, 1.82) is 0 Å². The third-order valence-electron chi connectivity index (χ3n) is 5.28. The van der Waals surface area contributed by atoms with E-state index in [1.165, 1.54) is 11.1 Å². The molecule has 0 saturated heterocycles. The minimum atomic E-state index is -1.91. The van der Waals surface area contributed by atoms with Crippen molar-refractivity contribution in [3.63, 3.8) is 0 Å². The van der Waals surface area contributed by atoms with Gasteiger partial charge in [-0.3, -0.25) is 0 Å². The van der Waals surface area contributed by atoms with E-state index in [4.69, 9.17) is 13.9 Å². The predicted molar refractivity (Wildman–Crippen MR) is 103 cm³/mol. The Hall–Kier alpha value is -1.42. The Morgan fingerprint density at radius 2 is 1.75 bits per heavy atom. The van der Waals surface area contributed by atoms with E-state index >= 15 is 0 Å². The molecule has 0 aromatic heterocycles. The maximum atomic E-state index is 6.77. The highest BCUT2D eigenvalue weighted by molar-refractivity contribution is 6.74. The Balaban J connectivity index is 2.54. The minimum absolute atomic E-state index is 0.166. The van der Waals surface area contributed by atoms with Gasteiger partial charge >= 0.3 is 0 Å². The molecule has 0 atom stereocenters. The van der Waals surface area contributed by atoms with Crippen LogP contribution in [0.25, 0.3) is 5.76 Å². The molecule has 0 aliphatic heterocycles. The summed E-state index contributed by atoms with van der Waals surface area (Å²) < 4.78 is 17.9. The van der Waals surface area contributed by atoms with Crippen LogP contribution < -0.4 is 9.47 Å². The van der Waals surface area contributed by atoms with E-state index < -0.39 is 8.32 Å². The van der Waals surface area contributed by atoms with Crippen LogP contribution in [0.5, 0.6) is 11.5 Å². The third-order valence-corrected chi connectivity index (χ3v) is 9.61. The third kappa shape index (κ3) is 3.48. The summed E-state index contributed by atoms with van der Waals surface area (Å²) in [7, 11) is 1.51. The molecule has 1 aliphatic rings. The molecule has 1 aliphatic carbocycles. The zero-order valence-corrected chi connectivity index (χ0v) is 17.5. The Kier molecular flexibility index (Phi) is 5.38. The highest BCUT2D eigenvalue weighted by Gasteiger charge is 2.41. The summed E-state index contributed by atoms with van der Waals surface area (Å²) >= 11 is 0. The first kappa shape index (κ1) is 18.9. The molecule has 0 N–H and O–H groups in total. The second-order valence-electron chi connectivity index (χ2n) is 8.09. The zero-order chi connectivity index (χ0) is 18.1. The highest BCUT2D eigenvalue weighted by Crippen LogP contribution is 2.47. The summed E-state index contributed by atoms with van der Waals surface area (Å²) in [4.78, 5) is 0. The van der Waals surface area contributed by atoms with Gasteiger partial charge in [-0.05, 0) is 48.2 Å². The van der Waals surface area contributed by atoms with E-state index in [9.17, 15) is 0 Å². The van der Waals surface area contributed by atoms with Crippen molar-refractivity contribution in [2.75, 3.05) is 14.2 Å². The van der Waals surface area contributed by atoms with Gasteiger partial charge in [0, 0.05) is 6.07 Å². The molecule has 4 heteroatoms. The standard InChI is InChI=1S/C20H32O3Si/c1-9-10-14-11-15-12-16(21-5)13-17(22-6)18(15)19(14)23-24(7,8)20(2,3)4/h12-13H,9-11H2,1-8H3. The number of allylic oxidation sites excluding steroid dienone is 1. The van der Waals surface area contributed by atoms with Gasteiger partial charge in [-0.1, -0.05) is 34.1 Å². The molecule has 134 valence electrons. The van der Waals surface area contributed by atoms with E-state index in [0.29, 0.717) is 0 Å². The number of methoxy groups -OCH3 is 2. The van der Waals surface area contributed by atoms with Crippen molar-refractivity contribution in [2.24, 2.45) is 0 Å². The Bertz CT molecular complexity index is 639. The monoisotopic (exact) mass is 348 g/mol. The van der Waals surface area contributed by atoms with Crippen molar-refractivity contribution < 1.29 is 13.9 Å². The van der Waals surface area contributed by atoms with Crippen molar-refractivity contribution >= 4 is 14.1 Å². The molecule has 0 radical (unpaired) electrons. The number of ether oxygens (including phenoxy) is 2. The second kappa shape index (κ2) is 6.83. The first-order chi connectivity index (χ1) is 11.1. The molecule has 0 unspecified atom stereocenters. The van der Waals surface area contributed by atoms with E-state index in [1.807, 2.05) is 6.07 Å². The lowest BCUT2D eigenvalue weighted by Crippen LogP contribution is -2.40. The summed E-state index contributed by atoms with van der Waals surface area (Å²) in [6.45, 7) is 13.7. The number of hydrogen-bond acceptors (Lipinski definition) is 3. The predicted octanol–water partition coefficient (Wildman–Crippen LogP) is 5.79. The molecule has 2 rings (SSSR count). The van der Waals surface area contributed by atoms with Gasteiger partial charge in [0.15, 0.2) is 0 Å². The van der Waals surface area contributed by atoms with Gasteiger partial charge in [-0.15, -0.1) is 0 Å². The molecule has 0 heterocycles. The van der Waals surface area contributed by atoms with Crippen molar-refractivity contribution in [3.05, 3.63) is 28.8 Å². The maximum Gasteiger partial charge on any atom is 0.250 e. The summed E-state index contributed by atoms with van der Waals surface area (Å²) in [5.74, 6) is 2.76. The van der Waals surface area contributed by atoms with Gasteiger partial charge < -0.3 is 13.9 Å². The molecule has 0 bridgehead atoms. The fourth-order valence-electron chi connectivity index (χ4n) is 2.84. The number of rotatable bonds is 6. The fourth-order valence-corrected chi connectivity index (χ4v) is 3.91. The topological polar surface area (TPSA) is 27.7 Å². The summed E-state index contributed by atoms with van der Waals surface area (Å²) in [5, 5.41) is 0.166. The van der Waals surface area contributed by atoms with Crippen LogP contribution in [0.4, 0.5) is 0 Å². The van der Waals surface area contributed by atoms with Gasteiger partial charge in [0.25, 0.3) is 8.32 Å². The first-order valence-electron chi connectivity index (χ1n) is 8.81. The number of fused-ring (bicyclic) bond motifs is 1. The summed E-state index contributed by atoms with van der Waals surface area (Å²) in [5.41, 5.74) is 3.78. The molecule has 0 saturated carbocycles. The lowest BCUT2D eigenvalue weighted by molar-refractivity contribution is 0.389. The highest BCUT2D eigenvalue weighted by atomic mass is 28.4. The van der Waals surface area contributed by atoms with E-state index in [2.05, 4.69) is 46.9 Å². The molecular formula is C20H32O3Si. The fraction of sp³-hybridized carbons (Fsp3) is 0.600. The van der Waals surface area contributed by atoms with Crippen LogP contribution in [-0.2, 0) is 10.8 Å². The van der Waals surface area contributed by atoms with E-state index in [0.717, 1.165) is 42.1 Å². The Morgan fingerprint density at radius 1 is 1.08 bits per heavy atom. The SMILES string of the molecule is CCCC1=C(O[Si](C)(C)C(C)(C)C)c2c(cc(OC)cc2OC)C1. The zero-order valence-electron chi connectivity index (χ0n) is 16.5. The minimum Gasteiger partial charge on any atom is -0.543 e. The van der Waals surface area contributed by atoms with Gasteiger partial charge in [0.2, 0.25) is 0 Å². The smallest absolute Gasteiger partial charge is 0.250 e. The molecule has 1 aromatic rings. The summed E-state index contributed by atoms with van der Waals surface area (Å²) in [6, 6.07) is 4.08. The molecule has 0 spiro atoms. The normalized spacial score (nSPS) is 14.7.